The molecule has 0 unspecified atom stereocenters. The van der Waals surface area contributed by atoms with Crippen LogP contribution in [0.2, 0.25) is 0 Å². The zero-order valence-electron chi connectivity index (χ0n) is 10.3. The van der Waals surface area contributed by atoms with Gasteiger partial charge in [-0.1, -0.05) is 24.3 Å². The molecule has 1 heterocycles. The predicted octanol–water partition coefficient (Wildman–Crippen LogP) is 3.46. The number of rotatable bonds is 3. The van der Waals surface area contributed by atoms with Crippen LogP contribution in [0.15, 0.2) is 54.7 Å². The molecule has 2 aromatic carbocycles. The lowest BCUT2D eigenvalue weighted by Crippen LogP contribution is -1.96. The highest BCUT2D eigenvalue weighted by Crippen LogP contribution is 2.17. The minimum absolute atomic E-state index is 0.323. The summed E-state index contributed by atoms with van der Waals surface area (Å²) in [5, 5.41) is 10.1. The summed E-state index contributed by atoms with van der Waals surface area (Å²) in [4.78, 5) is 14.0. The van der Waals surface area contributed by atoms with Crippen molar-refractivity contribution in [3.8, 4) is 0 Å². The molecule has 0 saturated heterocycles. The molecule has 3 nitrogen and oxygen atoms in total. The third-order valence-electron chi connectivity index (χ3n) is 3.23. The summed E-state index contributed by atoms with van der Waals surface area (Å²) in [6, 6.07) is 15.4. The van der Waals surface area contributed by atoms with Gasteiger partial charge in [-0.3, -0.25) is 0 Å². The van der Waals surface area contributed by atoms with Crippen LogP contribution in [0.25, 0.3) is 10.9 Å². The van der Waals surface area contributed by atoms with Gasteiger partial charge in [-0.05, 0) is 47.2 Å². The Labute approximate surface area is 110 Å². The summed E-state index contributed by atoms with van der Waals surface area (Å²) in [6.07, 6.45) is 2.73. The maximum absolute atomic E-state index is 10.8. The fraction of sp³-hybridized carbons (Fsp3) is 0.0625. The lowest BCUT2D eigenvalue weighted by Gasteiger charge is -2.03. The number of benzene rings is 2. The Kier molecular flexibility index (Phi) is 2.80. The summed E-state index contributed by atoms with van der Waals surface area (Å²) >= 11 is 0. The summed E-state index contributed by atoms with van der Waals surface area (Å²) < 4.78 is 0. The number of carboxylic acids is 1. The minimum atomic E-state index is -0.889. The van der Waals surface area contributed by atoms with E-state index in [0.717, 1.165) is 17.5 Å². The van der Waals surface area contributed by atoms with E-state index in [0.29, 0.717) is 5.56 Å². The van der Waals surface area contributed by atoms with Crippen LogP contribution in [0.4, 0.5) is 0 Å². The number of fused-ring (bicyclic) bond motifs is 1. The highest BCUT2D eigenvalue weighted by Gasteiger charge is 2.03. The molecule has 0 atom stereocenters. The normalized spacial score (nSPS) is 10.7. The fourth-order valence-corrected chi connectivity index (χ4v) is 2.21. The SMILES string of the molecule is O=C(O)c1ccc(Cc2ccc3cc[nH]c3c2)cc1. The van der Waals surface area contributed by atoms with Gasteiger partial charge in [-0.25, -0.2) is 4.79 Å². The number of aromatic carboxylic acids is 1. The Morgan fingerprint density at radius 1 is 1.00 bits per heavy atom. The van der Waals surface area contributed by atoms with Gasteiger partial charge in [0.25, 0.3) is 0 Å². The molecule has 3 aromatic rings. The largest absolute Gasteiger partial charge is 0.478 e. The van der Waals surface area contributed by atoms with Crippen LogP contribution in [0, 0.1) is 0 Å². The van der Waals surface area contributed by atoms with E-state index in [1.807, 2.05) is 24.4 Å². The highest BCUT2D eigenvalue weighted by molar-refractivity contribution is 5.87. The number of carbonyl (C=O) groups is 1. The predicted molar refractivity (Wildman–Crippen MR) is 74.5 cm³/mol. The van der Waals surface area contributed by atoms with Gasteiger partial charge in [0.2, 0.25) is 0 Å². The van der Waals surface area contributed by atoms with Gasteiger partial charge in [0, 0.05) is 11.7 Å². The number of aromatic nitrogens is 1. The van der Waals surface area contributed by atoms with Crippen LogP contribution in [0.1, 0.15) is 21.5 Å². The van der Waals surface area contributed by atoms with E-state index in [2.05, 4.69) is 23.2 Å². The first kappa shape index (κ1) is 11.5. The second kappa shape index (κ2) is 4.61. The lowest BCUT2D eigenvalue weighted by molar-refractivity contribution is 0.0697. The second-order valence-corrected chi connectivity index (χ2v) is 4.58. The number of nitrogens with one attached hydrogen (secondary N) is 1. The van der Waals surface area contributed by atoms with Crippen molar-refractivity contribution in [2.24, 2.45) is 0 Å². The van der Waals surface area contributed by atoms with E-state index in [1.165, 1.54) is 10.9 Å². The fourth-order valence-electron chi connectivity index (χ4n) is 2.21. The van der Waals surface area contributed by atoms with Gasteiger partial charge >= 0.3 is 5.97 Å². The van der Waals surface area contributed by atoms with Crippen LogP contribution in [0.3, 0.4) is 0 Å². The standard InChI is InChI=1S/C16H13NO2/c18-16(19)14-5-1-11(2-6-14)9-12-3-4-13-7-8-17-15(13)10-12/h1-8,10,17H,9H2,(H,18,19). The van der Waals surface area contributed by atoms with Crippen molar-refractivity contribution < 1.29 is 9.90 Å². The summed E-state index contributed by atoms with van der Waals surface area (Å²) in [5.41, 5.74) is 3.76. The third kappa shape index (κ3) is 2.36. The van der Waals surface area contributed by atoms with E-state index >= 15 is 0 Å². The average molecular weight is 251 g/mol. The van der Waals surface area contributed by atoms with Crippen molar-refractivity contribution in [3.63, 3.8) is 0 Å². The number of hydrogen-bond donors (Lipinski definition) is 2. The zero-order valence-corrected chi connectivity index (χ0v) is 10.3. The first-order chi connectivity index (χ1) is 9.22. The molecule has 0 aliphatic carbocycles. The van der Waals surface area contributed by atoms with E-state index in [1.54, 1.807) is 12.1 Å². The van der Waals surface area contributed by atoms with Crippen molar-refractivity contribution >= 4 is 16.9 Å². The van der Waals surface area contributed by atoms with Gasteiger partial charge < -0.3 is 10.1 Å². The molecule has 0 fully saturated rings. The highest BCUT2D eigenvalue weighted by atomic mass is 16.4. The molecule has 0 aliphatic heterocycles. The van der Waals surface area contributed by atoms with Gasteiger partial charge in [-0.15, -0.1) is 0 Å². The molecule has 0 amide bonds. The monoisotopic (exact) mass is 251 g/mol. The molecule has 0 aliphatic rings. The lowest BCUT2D eigenvalue weighted by atomic mass is 10.0. The maximum Gasteiger partial charge on any atom is 0.335 e. The van der Waals surface area contributed by atoms with E-state index in [4.69, 9.17) is 5.11 Å². The van der Waals surface area contributed by atoms with Crippen molar-refractivity contribution in [1.82, 2.24) is 4.98 Å². The Bertz CT molecular complexity index is 726. The molecule has 0 bridgehead atoms. The van der Waals surface area contributed by atoms with Crippen LogP contribution in [-0.4, -0.2) is 16.1 Å². The van der Waals surface area contributed by atoms with Crippen LogP contribution >= 0.6 is 0 Å². The molecular weight excluding hydrogens is 238 g/mol. The van der Waals surface area contributed by atoms with Crippen LogP contribution < -0.4 is 0 Å². The van der Waals surface area contributed by atoms with Crippen LogP contribution in [0.5, 0.6) is 0 Å². The van der Waals surface area contributed by atoms with E-state index in [9.17, 15) is 4.79 Å². The number of carboxylic acid groups (broad SMARTS) is 1. The zero-order chi connectivity index (χ0) is 13.2. The van der Waals surface area contributed by atoms with Crippen molar-refractivity contribution in [2.45, 2.75) is 6.42 Å². The Hall–Kier alpha value is -2.55. The Morgan fingerprint density at radius 3 is 2.47 bits per heavy atom. The molecule has 94 valence electrons. The van der Waals surface area contributed by atoms with Crippen molar-refractivity contribution in [3.05, 3.63) is 71.4 Å². The molecule has 3 heteroatoms. The van der Waals surface area contributed by atoms with Crippen LogP contribution in [-0.2, 0) is 6.42 Å². The molecule has 0 saturated carbocycles. The van der Waals surface area contributed by atoms with E-state index in [-0.39, 0.29) is 0 Å². The molecular formula is C16H13NO2. The second-order valence-electron chi connectivity index (χ2n) is 4.58. The smallest absolute Gasteiger partial charge is 0.335 e. The number of H-pyrrole nitrogens is 1. The molecule has 0 radical (unpaired) electrons. The van der Waals surface area contributed by atoms with Gasteiger partial charge in [-0.2, -0.15) is 0 Å². The Morgan fingerprint density at radius 2 is 1.74 bits per heavy atom. The van der Waals surface area contributed by atoms with Gasteiger partial charge in [0.15, 0.2) is 0 Å². The number of aromatic amines is 1. The molecule has 0 spiro atoms. The van der Waals surface area contributed by atoms with Gasteiger partial charge in [0.1, 0.15) is 0 Å². The van der Waals surface area contributed by atoms with E-state index < -0.39 is 5.97 Å². The minimum Gasteiger partial charge on any atom is -0.478 e. The topological polar surface area (TPSA) is 53.1 Å². The number of hydrogen-bond acceptors (Lipinski definition) is 1. The summed E-state index contributed by atoms with van der Waals surface area (Å²) in [7, 11) is 0. The molecule has 19 heavy (non-hydrogen) atoms. The van der Waals surface area contributed by atoms with Crippen molar-refractivity contribution in [2.75, 3.05) is 0 Å². The summed E-state index contributed by atoms with van der Waals surface area (Å²) in [5.74, 6) is -0.889. The summed E-state index contributed by atoms with van der Waals surface area (Å²) in [6.45, 7) is 0. The average Bonchev–Trinajstić information content (AvgIpc) is 2.87. The quantitative estimate of drug-likeness (QED) is 0.749. The maximum atomic E-state index is 10.8. The van der Waals surface area contributed by atoms with Gasteiger partial charge in [0.05, 0.1) is 5.56 Å². The first-order valence-corrected chi connectivity index (χ1v) is 6.10. The van der Waals surface area contributed by atoms with Crippen molar-refractivity contribution in [1.29, 1.82) is 0 Å². The molecule has 3 rings (SSSR count). The molecule has 2 N–H and O–H groups in total. The third-order valence-corrected chi connectivity index (χ3v) is 3.23. The molecule has 1 aromatic heterocycles. The first-order valence-electron chi connectivity index (χ1n) is 6.10. The Balaban J connectivity index is 1.85.